The van der Waals surface area contributed by atoms with E-state index in [4.69, 9.17) is 27.4 Å². The summed E-state index contributed by atoms with van der Waals surface area (Å²) in [5.74, 6) is -2.54. The maximum Gasteiger partial charge on any atom is 0.410 e. The number of ether oxygens (including phenoxy) is 2. The summed E-state index contributed by atoms with van der Waals surface area (Å²) >= 11 is 6.19. The molecule has 328 valence electrons. The first kappa shape index (κ1) is 45.0. The van der Waals surface area contributed by atoms with Crippen LogP contribution < -0.4 is 21.1 Å². The number of carbonyl (C=O) groups is 5. The molecule has 0 radical (unpaired) electrons. The van der Waals surface area contributed by atoms with Gasteiger partial charge in [0.1, 0.15) is 37.1 Å². The number of H-pyrrole nitrogens is 1. The number of benzene rings is 5. The molecule has 4 atom stereocenters. The first-order valence-corrected chi connectivity index (χ1v) is 22.0. The van der Waals surface area contributed by atoms with Crippen molar-refractivity contribution in [1.82, 2.24) is 25.3 Å². The molecule has 2 heterocycles. The average Bonchev–Trinajstić information content (AvgIpc) is 3.99. The number of anilines is 1. The number of imide groups is 1. The lowest BCUT2D eigenvalue weighted by molar-refractivity contribution is -0.154. The largest absolute Gasteiger partial charge is 0.489 e. The molecule has 1 aromatic heterocycles. The number of nitrogens with one attached hydrogen (secondary N) is 3. The summed E-state index contributed by atoms with van der Waals surface area (Å²) < 4.78 is 11.8. The highest BCUT2D eigenvalue weighted by molar-refractivity contribution is 7.73. The first-order chi connectivity index (χ1) is 31.1. The second-order valence-corrected chi connectivity index (χ2v) is 16.8. The molecule has 0 aliphatic carbocycles. The smallest absolute Gasteiger partial charge is 0.410 e. The van der Waals surface area contributed by atoms with Gasteiger partial charge in [-0.2, -0.15) is 0 Å². The molecule has 0 bridgehead atoms. The summed E-state index contributed by atoms with van der Waals surface area (Å²) in [5.41, 5.74) is 10.1. The Morgan fingerprint density at radius 3 is 1.95 bits per heavy atom. The predicted molar refractivity (Wildman–Crippen MR) is 244 cm³/mol. The number of hydrogen-bond acceptors (Lipinski definition) is 11. The lowest BCUT2D eigenvalue weighted by atomic mass is 9.97. The Balaban J connectivity index is 1.19. The zero-order chi connectivity index (χ0) is 44.8. The van der Waals surface area contributed by atoms with Gasteiger partial charge in [-0.1, -0.05) is 145 Å². The fraction of sp³-hybridized carbons (Fsp3) is 0.229. The van der Waals surface area contributed by atoms with Crippen molar-refractivity contribution < 1.29 is 33.4 Å². The van der Waals surface area contributed by atoms with Crippen LogP contribution in [0.4, 0.5) is 9.93 Å². The fourth-order valence-corrected chi connectivity index (χ4v) is 8.19. The van der Waals surface area contributed by atoms with Gasteiger partial charge in [0.25, 0.3) is 11.8 Å². The van der Waals surface area contributed by atoms with Gasteiger partial charge >= 0.3 is 6.09 Å². The lowest BCUT2D eigenvalue weighted by Gasteiger charge is -2.34. The molecule has 5 amide bonds. The van der Waals surface area contributed by atoms with E-state index in [-0.39, 0.29) is 31.1 Å². The molecule has 64 heavy (non-hydrogen) atoms. The van der Waals surface area contributed by atoms with Crippen LogP contribution in [0.15, 0.2) is 146 Å². The number of nitrogens with zero attached hydrogens (tertiary/aromatic N) is 3. The summed E-state index contributed by atoms with van der Waals surface area (Å²) in [7, 11) is 0. The van der Waals surface area contributed by atoms with Crippen molar-refractivity contribution in [2.75, 3.05) is 11.9 Å². The van der Waals surface area contributed by atoms with Crippen LogP contribution in [0.5, 0.6) is 5.75 Å². The Bertz CT molecular complexity index is 2560. The molecule has 1 fully saturated rings. The maximum absolute atomic E-state index is 15.4. The van der Waals surface area contributed by atoms with Gasteiger partial charge in [-0.15, -0.1) is 5.10 Å². The Morgan fingerprint density at radius 2 is 1.34 bits per heavy atom. The molecular formula is C48H47N7O7S2. The molecule has 14 nitrogen and oxygen atoms in total. The van der Waals surface area contributed by atoms with E-state index in [0.717, 1.165) is 27.4 Å². The number of amides is 5. The lowest BCUT2D eigenvalue weighted by Crippen LogP contribution is -2.59. The average molecular weight is 898 g/mol. The molecule has 5 N–H and O–H groups in total. The monoisotopic (exact) mass is 897 g/mol. The molecule has 6 aromatic rings. The highest BCUT2D eigenvalue weighted by Gasteiger charge is 2.43. The summed E-state index contributed by atoms with van der Waals surface area (Å²) in [6.07, 6.45) is 0.0832. The molecule has 1 saturated heterocycles. The van der Waals surface area contributed by atoms with Crippen molar-refractivity contribution >= 4 is 58.4 Å². The first-order valence-electron chi connectivity index (χ1n) is 20.7. The fourth-order valence-electron chi connectivity index (χ4n) is 7.40. The summed E-state index contributed by atoms with van der Waals surface area (Å²) in [4.78, 5) is 74.8. The van der Waals surface area contributed by atoms with E-state index in [2.05, 4.69) is 20.8 Å². The van der Waals surface area contributed by atoms with Crippen LogP contribution in [0.1, 0.15) is 46.7 Å². The van der Waals surface area contributed by atoms with E-state index in [0.29, 0.717) is 45.8 Å². The van der Waals surface area contributed by atoms with Crippen LogP contribution in [0.3, 0.4) is 0 Å². The highest BCUT2D eigenvalue weighted by atomic mass is 32.1. The number of hydrogen-bond donors (Lipinski definition) is 4. The zero-order valence-electron chi connectivity index (χ0n) is 34.7. The van der Waals surface area contributed by atoms with E-state index in [1.165, 1.54) is 4.90 Å². The van der Waals surface area contributed by atoms with Crippen molar-refractivity contribution in [3.05, 3.63) is 177 Å². The third-order valence-corrected chi connectivity index (χ3v) is 11.6. The molecule has 0 spiro atoms. The second-order valence-electron chi connectivity index (χ2n) is 15.1. The van der Waals surface area contributed by atoms with Crippen LogP contribution >= 0.6 is 23.6 Å². The minimum Gasteiger partial charge on any atom is -0.489 e. The molecule has 1 unspecified atom stereocenters. The molecule has 16 heteroatoms. The van der Waals surface area contributed by atoms with Gasteiger partial charge in [-0.3, -0.25) is 39.4 Å². The Labute approximate surface area is 379 Å². The number of carbonyl (C=O) groups excluding carboxylic acids is 5. The van der Waals surface area contributed by atoms with Crippen molar-refractivity contribution in [3.63, 3.8) is 0 Å². The van der Waals surface area contributed by atoms with Crippen LogP contribution in [-0.4, -0.2) is 74.4 Å². The quantitative estimate of drug-likeness (QED) is 0.0701. The van der Waals surface area contributed by atoms with Crippen molar-refractivity contribution in [2.24, 2.45) is 5.73 Å². The van der Waals surface area contributed by atoms with Gasteiger partial charge in [0.05, 0.1) is 6.04 Å². The second kappa shape index (κ2) is 21.9. The van der Waals surface area contributed by atoms with Crippen LogP contribution in [0, 0.1) is 3.95 Å². The minimum absolute atomic E-state index is 0.0106. The highest BCUT2D eigenvalue weighted by Crippen LogP contribution is 2.28. The molecular weight excluding hydrogens is 851 g/mol. The SMILES string of the molecule is N[C@@H](Cc1ccc(OCc2ccccc2)cc1)C(=O)N(C(=O)[C@H](Cc1ccccc1)NC(=O)[C@@H]1CCCN1C(=O)OCc1ccccc1)C(C(=O)Nc1n[nH]c(=S)s1)c1ccccc1. The van der Waals surface area contributed by atoms with Crippen molar-refractivity contribution in [2.45, 2.75) is 63.1 Å². The van der Waals surface area contributed by atoms with Crippen LogP contribution in [0.25, 0.3) is 0 Å². The molecule has 1 aliphatic rings. The topological polar surface area (TPSA) is 189 Å². The number of aromatic amines is 1. The number of likely N-dealkylation sites (tertiary alicyclic amines) is 1. The van der Waals surface area contributed by atoms with Crippen LogP contribution in [-0.2, 0) is 50.0 Å². The molecule has 5 aromatic carbocycles. The van der Waals surface area contributed by atoms with E-state index in [1.54, 1.807) is 78.9 Å². The Hall–Kier alpha value is -7.01. The normalized spacial score (nSPS) is 14.7. The van der Waals surface area contributed by atoms with E-state index >= 15 is 4.79 Å². The van der Waals surface area contributed by atoms with Gasteiger partial charge in [0.2, 0.25) is 16.9 Å². The molecule has 1 aliphatic heterocycles. The summed E-state index contributed by atoms with van der Waals surface area (Å²) in [6.45, 7) is 0.640. The molecule has 7 rings (SSSR count). The molecule has 0 saturated carbocycles. The standard InChI is InChI=1S/C48H47N7O7S2/c49-38(28-33-23-25-37(26-24-33)61-30-34-16-7-2-8-17-34)44(58)55(41(36-20-11-4-12-21-36)43(57)51-46-52-53-47(63)64-46)45(59)39(29-32-14-5-1-6-15-32)50-42(56)40-22-13-27-54(40)48(60)62-31-35-18-9-3-10-19-35/h1-12,14-21,23-26,38-41H,13,22,27-31,49H2,(H,50,56)(H,53,63)(H,51,52,57)/t38-,39-,40-,41?/m0/s1. The van der Waals surface area contributed by atoms with Crippen LogP contribution in [0.2, 0.25) is 0 Å². The van der Waals surface area contributed by atoms with Gasteiger partial charge in [0, 0.05) is 13.0 Å². The predicted octanol–water partition coefficient (Wildman–Crippen LogP) is 6.91. The van der Waals surface area contributed by atoms with E-state index < -0.39 is 53.9 Å². The third kappa shape index (κ3) is 11.9. The van der Waals surface area contributed by atoms with Gasteiger partial charge in [-0.05, 0) is 71.4 Å². The van der Waals surface area contributed by atoms with Gasteiger partial charge in [-0.25, -0.2) is 4.79 Å². The van der Waals surface area contributed by atoms with Crippen molar-refractivity contribution in [3.8, 4) is 5.75 Å². The number of rotatable bonds is 17. The van der Waals surface area contributed by atoms with E-state index in [1.807, 2.05) is 66.7 Å². The summed E-state index contributed by atoms with van der Waals surface area (Å²) in [5, 5.41) is 12.4. The van der Waals surface area contributed by atoms with Crippen molar-refractivity contribution in [1.29, 1.82) is 0 Å². The number of aromatic nitrogens is 2. The Kier molecular flexibility index (Phi) is 15.4. The van der Waals surface area contributed by atoms with E-state index in [9.17, 15) is 19.2 Å². The summed E-state index contributed by atoms with van der Waals surface area (Å²) in [6, 6.07) is 38.0. The maximum atomic E-state index is 15.4. The van der Waals surface area contributed by atoms with Gasteiger partial charge in [0.15, 0.2) is 3.95 Å². The zero-order valence-corrected chi connectivity index (χ0v) is 36.3. The number of nitrogens with two attached hydrogens (primary N) is 1. The van der Waals surface area contributed by atoms with Gasteiger partial charge < -0.3 is 20.5 Å². The third-order valence-electron chi connectivity index (χ3n) is 10.6. The Morgan fingerprint density at radius 1 is 0.766 bits per heavy atom. The minimum atomic E-state index is -1.58.